The number of rotatable bonds is 4. The van der Waals surface area contributed by atoms with E-state index in [0.717, 1.165) is 61.0 Å². The number of aryl methyl sites for hydroxylation is 1. The third-order valence-electron chi connectivity index (χ3n) is 5.27. The molecule has 26 heavy (non-hydrogen) atoms. The molecule has 0 bridgehead atoms. The van der Waals surface area contributed by atoms with Gasteiger partial charge in [0.1, 0.15) is 17.0 Å². The molecule has 1 aliphatic rings. The standard InChI is InChI=1S/C19H27N7/c1-19(2,13-26-10-8-24(3)9-11-26)18-21-16-15(14-6-5-7-20-12-14)23-25(4)17(16)22-18/h5-7,12H,8-11,13H2,1-4H3,(H,21,22). The Balaban J connectivity index is 1.64. The molecule has 7 nitrogen and oxygen atoms in total. The molecule has 0 amide bonds. The van der Waals surface area contributed by atoms with Gasteiger partial charge in [0.25, 0.3) is 0 Å². The van der Waals surface area contributed by atoms with E-state index in [1.165, 1.54) is 0 Å². The first-order valence-corrected chi connectivity index (χ1v) is 9.18. The molecule has 1 saturated heterocycles. The van der Waals surface area contributed by atoms with E-state index in [9.17, 15) is 0 Å². The zero-order chi connectivity index (χ0) is 18.3. The van der Waals surface area contributed by atoms with Crippen molar-refractivity contribution < 1.29 is 0 Å². The van der Waals surface area contributed by atoms with Crippen LogP contribution in [0, 0.1) is 0 Å². The molecule has 4 heterocycles. The molecular formula is C19H27N7. The minimum Gasteiger partial charge on any atom is -0.338 e. The van der Waals surface area contributed by atoms with E-state index in [0.29, 0.717) is 0 Å². The van der Waals surface area contributed by atoms with Gasteiger partial charge in [-0.1, -0.05) is 13.8 Å². The van der Waals surface area contributed by atoms with Gasteiger partial charge in [-0.3, -0.25) is 9.88 Å². The fourth-order valence-corrected chi connectivity index (χ4v) is 3.68. The lowest BCUT2D eigenvalue weighted by Gasteiger charge is -2.36. The van der Waals surface area contributed by atoms with Crippen LogP contribution in [-0.2, 0) is 12.5 Å². The van der Waals surface area contributed by atoms with Crippen LogP contribution < -0.4 is 0 Å². The highest BCUT2D eigenvalue weighted by molar-refractivity contribution is 5.88. The van der Waals surface area contributed by atoms with Crippen molar-refractivity contribution in [1.82, 2.24) is 34.5 Å². The van der Waals surface area contributed by atoms with Crippen molar-refractivity contribution in [1.29, 1.82) is 0 Å². The van der Waals surface area contributed by atoms with Gasteiger partial charge in [0, 0.05) is 63.1 Å². The summed E-state index contributed by atoms with van der Waals surface area (Å²) in [5.74, 6) is 1.02. The van der Waals surface area contributed by atoms with Crippen LogP contribution in [0.25, 0.3) is 22.4 Å². The summed E-state index contributed by atoms with van der Waals surface area (Å²) in [6, 6.07) is 3.97. The number of aromatic amines is 1. The number of aromatic nitrogens is 5. The zero-order valence-corrected chi connectivity index (χ0v) is 16.0. The van der Waals surface area contributed by atoms with E-state index in [4.69, 9.17) is 4.98 Å². The number of piperazine rings is 1. The largest absolute Gasteiger partial charge is 0.338 e. The number of nitrogens with zero attached hydrogens (tertiary/aromatic N) is 6. The molecule has 0 unspecified atom stereocenters. The Morgan fingerprint density at radius 1 is 1.15 bits per heavy atom. The molecule has 0 aliphatic carbocycles. The maximum atomic E-state index is 4.90. The van der Waals surface area contributed by atoms with E-state index in [1.54, 1.807) is 6.20 Å². The molecule has 0 saturated carbocycles. The average Bonchev–Trinajstić information content (AvgIpc) is 3.19. The predicted octanol–water partition coefficient (Wildman–Crippen LogP) is 1.88. The third kappa shape index (κ3) is 3.12. The van der Waals surface area contributed by atoms with Crippen molar-refractivity contribution in [2.45, 2.75) is 19.3 Å². The number of nitrogens with one attached hydrogen (secondary N) is 1. The van der Waals surface area contributed by atoms with Crippen LogP contribution in [0.1, 0.15) is 19.7 Å². The van der Waals surface area contributed by atoms with Crippen molar-refractivity contribution in [3.8, 4) is 11.3 Å². The number of hydrogen-bond donors (Lipinski definition) is 1. The minimum absolute atomic E-state index is 0.0544. The Labute approximate surface area is 154 Å². The normalized spacial score (nSPS) is 17.2. The van der Waals surface area contributed by atoms with E-state index in [1.807, 2.05) is 30.1 Å². The minimum atomic E-state index is -0.0544. The van der Waals surface area contributed by atoms with E-state index < -0.39 is 0 Å². The quantitative estimate of drug-likeness (QED) is 0.776. The molecule has 0 radical (unpaired) electrons. The van der Waals surface area contributed by atoms with Crippen LogP contribution in [0.3, 0.4) is 0 Å². The summed E-state index contributed by atoms with van der Waals surface area (Å²) in [6.07, 6.45) is 3.62. The second-order valence-corrected chi connectivity index (χ2v) is 7.96. The van der Waals surface area contributed by atoms with Crippen LogP contribution >= 0.6 is 0 Å². The number of H-pyrrole nitrogens is 1. The second-order valence-electron chi connectivity index (χ2n) is 7.96. The van der Waals surface area contributed by atoms with Gasteiger partial charge in [-0.25, -0.2) is 9.67 Å². The second kappa shape index (κ2) is 6.48. The lowest BCUT2D eigenvalue weighted by Crippen LogP contribution is -2.48. The first-order valence-electron chi connectivity index (χ1n) is 9.18. The third-order valence-corrected chi connectivity index (χ3v) is 5.27. The van der Waals surface area contributed by atoms with E-state index in [-0.39, 0.29) is 5.41 Å². The molecule has 7 heteroatoms. The lowest BCUT2D eigenvalue weighted by atomic mass is 9.91. The molecule has 1 N–H and O–H groups in total. The van der Waals surface area contributed by atoms with Crippen molar-refractivity contribution in [3.63, 3.8) is 0 Å². The van der Waals surface area contributed by atoms with Gasteiger partial charge in [0.15, 0.2) is 5.65 Å². The summed E-state index contributed by atoms with van der Waals surface area (Å²) >= 11 is 0. The number of imidazole rings is 1. The highest BCUT2D eigenvalue weighted by atomic mass is 15.3. The molecule has 1 fully saturated rings. The SMILES string of the molecule is CN1CCN(CC(C)(C)c2nc3c([nH]2)c(-c2cccnc2)nn3C)CC1. The number of pyridine rings is 1. The van der Waals surface area contributed by atoms with Gasteiger partial charge in [0.2, 0.25) is 0 Å². The van der Waals surface area contributed by atoms with Crippen LogP contribution in [-0.4, -0.2) is 74.3 Å². The van der Waals surface area contributed by atoms with Crippen LogP contribution in [0.15, 0.2) is 24.5 Å². The van der Waals surface area contributed by atoms with Crippen molar-refractivity contribution in [3.05, 3.63) is 30.4 Å². The molecule has 4 rings (SSSR count). The molecule has 3 aromatic heterocycles. The first-order chi connectivity index (χ1) is 12.4. The molecule has 0 atom stereocenters. The van der Waals surface area contributed by atoms with Crippen LogP contribution in [0.4, 0.5) is 0 Å². The Bertz CT molecular complexity index is 885. The molecule has 1 aliphatic heterocycles. The maximum absolute atomic E-state index is 4.90. The molecule has 138 valence electrons. The number of fused-ring (bicyclic) bond motifs is 1. The number of hydrogen-bond acceptors (Lipinski definition) is 5. The topological polar surface area (TPSA) is 65.9 Å². The van der Waals surface area contributed by atoms with Crippen LogP contribution in [0.2, 0.25) is 0 Å². The zero-order valence-electron chi connectivity index (χ0n) is 16.0. The highest BCUT2D eigenvalue weighted by Crippen LogP contribution is 2.30. The Morgan fingerprint density at radius 3 is 2.62 bits per heavy atom. The highest BCUT2D eigenvalue weighted by Gasteiger charge is 2.30. The van der Waals surface area contributed by atoms with Gasteiger partial charge in [0.05, 0.1) is 0 Å². The molecule has 0 spiro atoms. The van der Waals surface area contributed by atoms with Gasteiger partial charge in [-0.2, -0.15) is 5.10 Å². The number of likely N-dealkylation sites (N-methyl/N-ethyl adjacent to an activating group) is 1. The van der Waals surface area contributed by atoms with Crippen molar-refractivity contribution >= 4 is 11.2 Å². The summed E-state index contributed by atoms with van der Waals surface area (Å²) in [7, 11) is 4.13. The smallest absolute Gasteiger partial charge is 0.176 e. The van der Waals surface area contributed by atoms with E-state index in [2.05, 4.69) is 45.8 Å². The fraction of sp³-hybridized carbons (Fsp3) is 0.526. The predicted molar refractivity (Wildman–Crippen MR) is 103 cm³/mol. The monoisotopic (exact) mass is 353 g/mol. The average molecular weight is 353 g/mol. The summed E-state index contributed by atoms with van der Waals surface area (Å²) < 4.78 is 1.85. The fourth-order valence-electron chi connectivity index (χ4n) is 3.68. The van der Waals surface area contributed by atoms with Crippen LogP contribution in [0.5, 0.6) is 0 Å². The lowest BCUT2D eigenvalue weighted by molar-refractivity contribution is 0.131. The van der Waals surface area contributed by atoms with Gasteiger partial charge < -0.3 is 9.88 Å². The summed E-state index contributed by atoms with van der Waals surface area (Å²) in [6.45, 7) is 10.0. The van der Waals surface area contributed by atoms with E-state index >= 15 is 0 Å². The summed E-state index contributed by atoms with van der Waals surface area (Å²) in [5, 5.41) is 4.63. The first kappa shape index (κ1) is 17.2. The summed E-state index contributed by atoms with van der Waals surface area (Å²) in [4.78, 5) is 17.6. The Morgan fingerprint density at radius 2 is 1.92 bits per heavy atom. The maximum Gasteiger partial charge on any atom is 0.176 e. The van der Waals surface area contributed by atoms with Crippen molar-refractivity contribution in [2.24, 2.45) is 7.05 Å². The van der Waals surface area contributed by atoms with Crippen molar-refractivity contribution in [2.75, 3.05) is 39.8 Å². The molecule has 0 aromatic carbocycles. The Kier molecular flexibility index (Phi) is 4.28. The Hall–Kier alpha value is -2.25. The molecule has 3 aromatic rings. The van der Waals surface area contributed by atoms with Gasteiger partial charge in [-0.05, 0) is 19.2 Å². The molecular weight excluding hydrogens is 326 g/mol. The van der Waals surface area contributed by atoms with Gasteiger partial charge >= 0.3 is 0 Å². The summed E-state index contributed by atoms with van der Waals surface area (Å²) in [5.41, 5.74) is 3.74. The van der Waals surface area contributed by atoms with Gasteiger partial charge in [-0.15, -0.1) is 0 Å².